The molecule has 1 saturated heterocycles. The Morgan fingerprint density at radius 1 is 0.841 bits per heavy atom. The van der Waals surface area contributed by atoms with E-state index in [1.807, 2.05) is 50.2 Å². The molecule has 0 amide bonds. The molecule has 4 heterocycles. The van der Waals surface area contributed by atoms with Gasteiger partial charge in [-0.25, -0.2) is 0 Å². The van der Waals surface area contributed by atoms with E-state index in [9.17, 15) is 4.79 Å². The van der Waals surface area contributed by atoms with Gasteiger partial charge in [-0.15, -0.1) is 12.4 Å². The number of fused-ring (bicyclic) bond motifs is 1. The fourth-order valence-electron chi connectivity index (χ4n) is 3.60. The topological polar surface area (TPSA) is 119 Å². The Kier molecular flexibility index (Phi) is 29.6. The Balaban J connectivity index is -0.000000469. The van der Waals surface area contributed by atoms with E-state index >= 15 is 0 Å². The third-order valence-electron chi connectivity index (χ3n) is 6.15. The van der Waals surface area contributed by atoms with Crippen molar-refractivity contribution < 1.29 is 19.8 Å². The van der Waals surface area contributed by atoms with Gasteiger partial charge in [-0.1, -0.05) is 39.3 Å². The van der Waals surface area contributed by atoms with Gasteiger partial charge in [-0.05, 0) is 97.8 Å². The molecule has 9 nitrogen and oxygen atoms in total. The number of aryl methyl sites for hydroxylation is 2. The van der Waals surface area contributed by atoms with Gasteiger partial charge >= 0.3 is 5.97 Å². The van der Waals surface area contributed by atoms with Crippen LogP contribution in [0.15, 0.2) is 53.8 Å². The number of carboxylic acids is 2. The molecule has 0 aliphatic carbocycles. The van der Waals surface area contributed by atoms with Gasteiger partial charge in [0.05, 0.1) is 11.3 Å². The van der Waals surface area contributed by atoms with Gasteiger partial charge in [-0.2, -0.15) is 0 Å². The van der Waals surface area contributed by atoms with E-state index in [0.29, 0.717) is 0 Å². The molecular weight excluding hydrogens is 578 g/mol. The predicted molar refractivity (Wildman–Crippen MR) is 186 cm³/mol. The van der Waals surface area contributed by atoms with Gasteiger partial charge in [0, 0.05) is 56.8 Å². The second kappa shape index (κ2) is 28.7. The van der Waals surface area contributed by atoms with Gasteiger partial charge in [-0.3, -0.25) is 24.5 Å². The zero-order valence-corrected chi connectivity index (χ0v) is 29.6. The molecule has 0 radical (unpaired) electrons. The first-order valence-corrected chi connectivity index (χ1v) is 15.5. The molecular formula is C34H60ClN5O4. The first-order chi connectivity index (χ1) is 20.3. The number of aromatic nitrogens is 2. The smallest absolute Gasteiger partial charge is 0.308 e. The number of carbonyl (C=O) groups is 2. The SMILES string of the molecule is C1CCC2=NCCCN2CC1.CC(=O)O.CC(C)(C)C(=O)O.CCN(CC)CC.Cc1cccc(C)n1.Cl.c1ccncc1. The molecule has 44 heavy (non-hydrogen) atoms. The van der Waals surface area contributed by atoms with Crippen LogP contribution < -0.4 is 0 Å². The first kappa shape index (κ1) is 45.4. The second-order valence-corrected chi connectivity index (χ2v) is 11.1. The predicted octanol–water partition coefficient (Wildman–Crippen LogP) is 7.42. The Labute approximate surface area is 273 Å². The standard InChI is InChI=1S/C9H16N2.C7H9N.C6H15N.C5H5N.C5H10O2.C2H4O2.ClH/c1-2-5-9-10-6-4-8-11(9)7-3-1;1-6-4-3-5-7(2)8-6;1-4-7(5-2)6-3;1-2-4-6-5-3-1;1-5(2,3)4(6)7;1-2(3)4;/h1-8H2;3-5H,1-2H3;4-6H2,1-3H3;1-5H;1-3H3,(H,6,7);1H3,(H,3,4);1H. The number of carboxylic acid groups (broad SMARTS) is 2. The molecule has 0 unspecified atom stereocenters. The maximum atomic E-state index is 10.0. The normalized spacial score (nSPS) is 13.1. The molecule has 2 aliphatic rings. The van der Waals surface area contributed by atoms with Crippen LogP contribution >= 0.6 is 12.4 Å². The summed E-state index contributed by atoms with van der Waals surface area (Å²) < 4.78 is 0. The van der Waals surface area contributed by atoms with Crippen molar-refractivity contribution in [2.24, 2.45) is 10.4 Å². The average Bonchev–Trinajstić information content (AvgIpc) is 3.21. The van der Waals surface area contributed by atoms with Gasteiger partial charge in [0.15, 0.2) is 0 Å². The van der Waals surface area contributed by atoms with E-state index in [1.54, 1.807) is 33.2 Å². The molecule has 0 aromatic carbocycles. The summed E-state index contributed by atoms with van der Waals surface area (Å²) >= 11 is 0. The summed E-state index contributed by atoms with van der Waals surface area (Å²) in [4.78, 5) is 36.4. The molecule has 0 atom stereocenters. The summed E-state index contributed by atoms with van der Waals surface area (Å²) in [7, 11) is 0. The lowest BCUT2D eigenvalue weighted by Crippen LogP contribution is -2.34. The highest BCUT2D eigenvalue weighted by Gasteiger charge is 2.19. The zero-order valence-electron chi connectivity index (χ0n) is 28.8. The van der Waals surface area contributed by atoms with Crippen LogP contribution in [0.4, 0.5) is 0 Å². The lowest BCUT2D eigenvalue weighted by atomic mass is 9.98. The first-order valence-electron chi connectivity index (χ1n) is 15.5. The number of halogens is 1. The van der Waals surface area contributed by atoms with Gasteiger partial charge in [0.1, 0.15) is 0 Å². The zero-order chi connectivity index (χ0) is 33.1. The Hall–Kier alpha value is -3.04. The fraction of sp³-hybridized carbons (Fsp3) is 0.618. The molecule has 2 N–H and O–H groups in total. The Morgan fingerprint density at radius 2 is 1.32 bits per heavy atom. The van der Waals surface area contributed by atoms with Gasteiger partial charge < -0.3 is 20.0 Å². The van der Waals surface area contributed by atoms with E-state index < -0.39 is 17.4 Å². The number of rotatable bonds is 3. The van der Waals surface area contributed by atoms with Crippen molar-refractivity contribution in [3.05, 3.63) is 60.2 Å². The van der Waals surface area contributed by atoms with Crippen molar-refractivity contribution in [3.8, 4) is 0 Å². The summed E-state index contributed by atoms with van der Waals surface area (Å²) in [6, 6.07) is 11.7. The quantitative estimate of drug-likeness (QED) is 0.357. The van der Waals surface area contributed by atoms with Gasteiger partial charge in [0.25, 0.3) is 5.97 Å². The van der Waals surface area contributed by atoms with Crippen molar-refractivity contribution in [1.29, 1.82) is 0 Å². The van der Waals surface area contributed by atoms with Crippen molar-refractivity contribution in [1.82, 2.24) is 19.8 Å². The van der Waals surface area contributed by atoms with Crippen molar-refractivity contribution >= 4 is 30.2 Å². The Bertz CT molecular complexity index is 943. The highest BCUT2D eigenvalue weighted by Crippen LogP contribution is 2.15. The largest absolute Gasteiger partial charge is 0.481 e. The van der Waals surface area contributed by atoms with Crippen LogP contribution in [0, 0.1) is 19.3 Å². The number of pyridine rings is 2. The Morgan fingerprint density at radius 3 is 1.64 bits per heavy atom. The molecule has 1 fully saturated rings. The van der Waals surface area contributed by atoms with Crippen molar-refractivity contribution in [2.45, 2.75) is 94.4 Å². The molecule has 10 heteroatoms. The van der Waals surface area contributed by atoms with Gasteiger partial charge in [0.2, 0.25) is 0 Å². The van der Waals surface area contributed by atoms with Crippen LogP contribution in [0.5, 0.6) is 0 Å². The van der Waals surface area contributed by atoms with E-state index in [1.165, 1.54) is 70.7 Å². The molecule has 0 saturated carbocycles. The van der Waals surface area contributed by atoms with Crippen molar-refractivity contribution in [3.63, 3.8) is 0 Å². The number of amidine groups is 1. The molecule has 0 spiro atoms. The summed E-state index contributed by atoms with van der Waals surface area (Å²) in [6.07, 6.45) is 10.1. The second-order valence-electron chi connectivity index (χ2n) is 11.1. The minimum Gasteiger partial charge on any atom is -0.481 e. The highest BCUT2D eigenvalue weighted by molar-refractivity contribution is 5.85. The lowest BCUT2D eigenvalue weighted by Gasteiger charge is -2.27. The average molecular weight is 638 g/mol. The molecule has 252 valence electrons. The van der Waals surface area contributed by atoms with E-state index in [-0.39, 0.29) is 12.4 Å². The summed E-state index contributed by atoms with van der Waals surface area (Å²) in [5, 5.41) is 15.7. The lowest BCUT2D eigenvalue weighted by molar-refractivity contribution is -0.145. The highest BCUT2D eigenvalue weighted by atomic mass is 35.5. The number of aliphatic imine (C=N–C) groups is 1. The van der Waals surface area contributed by atoms with Crippen LogP contribution in [0.3, 0.4) is 0 Å². The van der Waals surface area contributed by atoms with Crippen LogP contribution in [-0.4, -0.2) is 87.0 Å². The van der Waals surface area contributed by atoms with Crippen LogP contribution in [-0.2, 0) is 9.59 Å². The van der Waals surface area contributed by atoms with Crippen LogP contribution in [0.1, 0.15) is 92.0 Å². The van der Waals surface area contributed by atoms with Crippen molar-refractivity contribution in [2.75, 3.05) is 39.3 Å². The molecule has 4 rings (SSSR count). The number of nitrogens with zero attached hydrogens (tertiary/aromatic N) is 5. The summed E-state index contributed by atoms with van der Waals surface area (Å²) in [5.41, 5.74) is 1.59. The molecule has 2 aromatic rings. The van der Waals surface area contributed by atoms with E-state index in [2.05, 4.69) is 45.5 Å². The molecule has 2 aromatic heterocycles. The third kappa shape index (κ3) is 29.1. The molecule has 0 bridgehead atoms. The van der Waals surface area contributed by atoms with Crippen LogP contribution in [0.25, 0.3) is 0 Å². The third-order valence-corrected chi connectivity index (χ3v) is 6.15. The molecule has 2 aliphatic heterocycles. The fourth-order valence-corrected chi connectivity index (χ4v) is 3.60. The monoisotopic (exact) mass is 637 g/mol. The van der Waals surface area contributed by atoms with E-state index in [4.69, 9.17) is 15.0 Å². The maximum Gasteiger partial charge on any atom is 0.308 e. The minimum atomic E-state index is -0.833. The van der Waals surface area contributed by atoms with E-state index in [0.717, 1.165) is 24.9 Å². The maximum absolute atomic E-state index is 10.0. The van der Waals surface area contributed by atoms with Crippen LogP contribution in [0.2, 0.25) is 0 Å². The summed E-state index contributed by atoms with van der Waals surface area (Å²) in [6.45, 7) is 23.8. The minimum absolute atomic E-state index is 0. The summed E-state index contributed by atoms with van der Waals surface area (Å²) in [5.74, 6) is -0.193. The number of hydrogen-bond donors (Lipinski definition) is 2. The number of aliphatic carboxylic acids is 2. The number of hydrogen-bond acceptors (Lipinski definition) is 7.